The van der Waals surface area contributed by atoms with Crippen LogP contribution < -0.4 is 4.90 Å². The molecule has 2 aliphatic carbocycles. The van der Waals surface area contributed by atoms with E-state index < -0.39 is 0 Å². The zero-order valence-electron chi connectivity index (χ0n) is 31.0. The van der Waals surface area contributed by atoms with Gasteiger partial charge in [0, 0.05) is 22.5 Å². The Hall–Kier alpha value is -6.18. The second kappa shape index (κ2) is 13.0. The summed E-state index contributed by atoms with van der Waals surface area (Å²) in [6.45, 7) is 4.75. The van der Waals surface area contributed by atoms with Gasteiger partial charge >= 0.3 is 0 Å². The van der Waals surface area contributed by atoms with Crippen LogP contribution in [0, 0.1) is 0 Å². The number of anilines is 3. The third-order valence-electron chi connectivity index (χ3n) is 12.0. The minimum absolute atomic E-state index is 0.143. The molecule has 1 nitrogen and oxygen atoms in total. The first-order chi connectivity index (χ1) is 26.5. The van der Waals surface area contributed by atoms with Crippen LogP contribution in [0.3, 0.4) is 0 Å². The molecule has 2 aliphatic rings. The summed E-state index contributed by atoms with van der Waals surface area (Å²) in [5.74, 6) is 0. The maximum absolute atomic E-state index is 2.44. The molecule has 10 rings (SSSR count). The van der Waals surface area contributed by atoms with Gasteiger partial charge in [0.15, 0.2) is 0 Å². The van der Waals surface area contributed by atoms with E-state index in [-0.39, 0.29) is 5.41 Å². The van der Waals surface area contributed by atoms with Crippen molar-refractivity contribution in [1.29, 1.82) is 0 Å². The highest BCUT2D eigenvalue weighted by atomic mass is 15.1. The van der Waals surface area contributed by atoms with E-state index in [9.17, 15) is 0 Å². The summed E-state index contributed by atoms with van der Waals surface area (Å²) < 4.78 is 0. The Bertz CT molecular complexity index is 2660. The van der Waals surface area contributed by atoms with Crippen LogP contribution in [0.25, 0.3) is 55.3 Å². The van der Waals surface area contributed by atoms with Crippen molar-refractivity contribution in [2.75, 3.05) is 4.90 Å². The average Bonchev–Trinajstić information content (AvgIpc) is 3.47. The van der Waals surface area contributed by atoms with Crippen molar-refractivity contribution in [3.63, 3.8) is 0 Å². The summed E-state index contributed by atoms with van der Waals surface area (Å²) in [5.41, 5.74) is 19.4. The second-order valence-corrected chi connectivity index (χ2v) is 15.6. The molecule has 0 aromatic heterocycles. The van der Waals surface area contributed by atoms with Crippen molar-refractivity contribution >= 4 is 27.8 Å². The first-order valence-corrected chi connectivity index (χ1v) is 19.5. The summed E-state index contributed by atoms with van der Waals surface area (Å²) in [6.07, 6.45) is 5.04. The lowest BCUT2D eigenvalue weighted by Gasteiger charge is -2.28. The molecule has 0 fully saturated rings. The normalized spacial score (nSPS) is 14.0. The topological polar surface area (TPSA) is 3.24 Å². The molecule has 260 valence electrons. The lowest BCUT2D eigenvalue weighted by Crippen LogP contribution is -2.16. The molecule has 0 amide bonds. The zero-order chi connectivity index (χ0) is 36.2. The van der Waals surface area contributed by atoms with Crippen molar-refractivity contribution in [2.24, 2.45) is 0 Å². The smallest absolute Gasteiger partial charge is 0.0468 e. The van der Waals surface area contributed by atoms with E-state index in [2.05, 4.69) is 195 Å². The lowest BCUT2D eigenvalue weighted by atomic mass is 9.81. The molecule has 8 aromatic carbocycles. The molecule has 1 heteroatoms. The molecule has 0 radical (unpaired) electrons. The molecule has 0 atom stereocenters. The summed E-state index contributed by atoms with van der Waals surface area (Å²) in [7, 11) is 0. The molecule has 54 heavy (non-hydrogen) atoms. The van der Waals surface area contributed by atoms with Crippen LogP contribution in [0.5, 0.6) is 0 Å². The summed E-state index contributed by atoms with van der Waals surface area (Å²) in [4.78, 5) is 2.42. The van der Waals surface area contributed by atoms with E-state index in [1.165, 1.54) is 103 Å². The summed E-state index contributed by atoms with van der Waals surface area (Å²) >= 11 is 0. The van der Waals surface area contributed by atoms with Crippen molar-refractivity contribution in [3.05, 3.63) is 198 Å². The van der Waals surface area contributed by atoms with Gasteiger partial charge in [-0.25, -0.2) is 0 Å². The van der Waals surface area contributed by atoms with Gasteiger partial charge in [-0.1, -0.05) is 153 Å². The molecule has 0 bridgehead atoms. The van der Waals surface area contributed by atoms with Crippen LogP contribution in [-0.4, -0.2) is 0 Å². The average molecular weight is 694 g/mol. The molecule has 0 saturated carbocycles. The number of nitrogens with zero attached hydrogens (tertiary/aromatic N) is 1. The molecule has 0 spiro atoms. The van der Waals surface area contributed by atoms with Crippen molar-refractivity contribution in [2.45, 2.75) is 44.9 Å². The van der Waals surface area contributed by atoms with Gasteiger partial charge in [-0.15, -0.1) is 0 Å². The van der Waals surface area contributed by atoms with Crippen LogP contribution in [0.15, 0.2) is 176 Å². The first kappa shape index (κ1) is 32.5. The van der Waals surface area contributed by atoms with Crippen molar-refractivity contribution < 1.29 is 0 Å². The SMILES string of the molecule is CC1(C)c2cc(N(c3ccc(-c4ccc(-c5ccc6c(c5)CCCC6)cc4)cc3)c3ccc4ccccc4c3)ccc2-c2c(-c3ccccc3)cccc21. The standard InChI is InChI=1S/C53H43N/c1-53(2)50-18-10-17-48(41-13-4-3-5-14-41)52(50)49-32-31-47(35-51(49)53)54(46-30-27-37-12-7-9-16-43(37)34-46)45-28-25-39(26-29-45)38-19-21-40(22-20-38)44-24-23-36-11-6-8-15-42(36)33-44/h3-5,7,9-10,12-14,16-35H,6,8,11,15H2,1-2H3. The predicted octanol–water partition coefficient (Wildman–Crippen LogP) is 14.5. The maximum atomic E-state index is 2.44. The number of benzene rings is 8. The number of hydrogen-bond acceptors (Lipinski definition) is 1. The van der Waals surface area contributed by atoms with E-state index in [1.807, 2.05) is 0 Å². The molecule has 0 unspecified atom stereocenters. The molecule has 8 aromatic rings. The summed E-state index contributed by atoms with van der Waals surface area (Å²) in [5, 5.41) is 2.48. The van der Waals surface area contributed by atoms with Gasteiger partial charge < -0.3 is 4.90 Å². The van der Waals surface area contributed by atoms with Gasteiger partial charge in [0.2, 0.25) is 0 Å². The van der Waals surface area contributed by atoms with E-state index >= 15 is 0 Å². The largest absolute Gasteiger partial charge is 0.310 e. The molecule has 0 aliphatic heterocycles. The van der Waals surface area contributed by atoms with Gasteiger partial charge in [-0.2, -0.15) is 0 Å². The third-order valence-corrected chi connectivity index (χ3v) is 12.0. The van der Waals surface area contributed by atoms with E-state index in [4.69, 9.17) is 0 Å². The fraction of sp³-hybridized carbons (Fsp3) is 0.132. The Kier molecular flexibility index (Phi) is 7.84. The monoisotopic (exact) mass is 693 g/mol. The number of fused-ring (bicyclic) bond motifs is 5. The maximum Gasteiger partial charge on any atom is 0.0468 e. The van der Waals surface area contributed by atoms with E-state index in [0.717, 1.165) is 17.1 Å². The fourth-order valence-corrected chi connectivity index (χ4v) is 9.11. The van der Waals surface area contributed by atoms with Gasteiger partial charge in [0.05, 0.1) is 0 Å². The molecule has 0 heterocycles. The third kappa shape index (κ3) is 5.55. The number of aryl methyl sites for hydroxylation is 2. The number of hydrogen-bond donors (Lipinski definition) is 0. The second-order valence-electron chi connectivity index (χ2n) is 15.6. The molecular formula is C53H43N. The molecule has 0 saturated heterocycles. The van der Waals surface area contributed by atoms with Gasteiger partial charge in [-0.3, -0.25) is 0 Å². The van der Waals surface area contributed by atoms with Crippen LogP contribution >= 0.6 is 0 Å². The highest BCUT2D eigenvalue weighted by molar-refractivity contribution is 5.95. The zero-order valence-corrected chi connectivity index (χ0v) is 31.0. The Morgan fingerprint density at radius 3 is 1.78 bits per heavy atom. The highest BCUT2D eigenvalue weighted by Gasteiger charge is 2.37. The van der Waals surface area contributed by atoms with Crippen molar-refractivity contribution in [3.8, 4) is 44.5 Å². The number of rotatable bonds is 6. The Labute approximate surface area is 319 Å². The van der Waals surface area contributed by atoms with Gasteiger partial charge in [0.25, 0.3) is 0 Å². The van der Waals surface area contributed by atoms with Crippen LogP contribution in [0.4, 0.5) is 17.1 Å². The Balaban J connectivity index is 1.03. The fourth-order valence-electron chi connectivity index (χ4n) is 9.11. The Morgan fingerprint density at radius 1 is 0.389 bits per heavy atom. The van der Waals surface area contributed by atoms with Crippen LogP contribution in [0.1, 0.15) is 48.9 Å². The highest BCUT2D eigenvalue weighted by Crippen LogP contribution is 2.53. The molecular weight excluding hydrogens is 651 g/mol. The predicted molar refractivity (Wildman–Crippen MR) is 229 cm³/mol. The first-order valence-electron chi connectivity index (χ1n) is 19.5. The van der Waals surface area contributed by atoms with Gasteiger partial charge in [0.1, 0.15) is 0 Å². The lowest BCUT2D eigenvalue weighted by molar-refractivity contribution is 0.660. The van der Waals surface area contributed by atoms with Crippen LogP contribution in [0.2, 0.25) is 0 Å². The van der Waals surface area contributed by atoms with Gasteiger partial charge in [-0.05, 0) is 140 Å². The minimum atomic E-state index is -0.143. The Morgan fingerprint density at radius 2 is 1.00 bits per heavy atom. The van der Waals surface area contributed by atoms with Crippen LogP contribution in [-0.2, 0) is 18.3 Å². The minimum Gasteiger partial charge on any atom is -0.310 e. The molecule has 0 N–H and O–H groups in total. The van der Waals surface area contributed by atoms with E-state index in [0.29, 0.717) is 0 Å². The van der Waals surface area contributed by atoms with E-state index in [1.54, 1.807) is 0 Å². The quantitative estimate of drug-likeness (QED) is 0.168. The van der Waals surface area contributed by atoms with Crippen molar-refractivity contribution in [1.82, 2.24) is 0 Å². The summed E-state index contributed by atoms with van der Waals surface area (Å²) in [6, 6.07) is 65.5.